The van der Waals surface area contributed by atoms with Crippen molar-refractivity contribution in [3.63, 3.8) is 0 Å². The number of hydrogen-bond donors (Lipinski definition) is 4. The largest absolute Gasteiger partial charge is 0.368 e. The molecule has 31 heavy (non-hydrogen) atoms. The number of hydrogen-bond acceptors (Lipinski definition) is 6. The summed E-state index contributed by atoms with van der Waals surface area (Å²) in [5.41, 5.74) is 5.07. The molecule has 0 bridgehead atoms. The zero-order chi connectivity index (χ0) is 23.3. The minimum Gasteiger partial charge on any atom is -0.368 e. The Bertz CT molecular complexity index is 727. The fraction of sp³-hybridized carbons (Fsp3) is 0.750. The van der Waals surface area contributed by atoms with Crippen molar-refractivity contribution in [3.8, 4) is 0 Å². The van der Waals surface area contributed by atoms with Crippen LogP contribution in [0.1, 0.15) is 40.0 Å². The molecule has 0 aromatic rings. The molecule has 2 aliphatic rings. The topological polar surface area (TPSA) is 154 Å². The normalized spacial score (nSPS) is 25.1. The maximum atomic E-state index is 13.1. The van der Waals surface area contributed by atoms with Gasteiger partial charge in [0.2, 0.25) is 29.5 Å². The number of primary amides is 1. The fourth-order valence-electron chi connectivity index (χ4n) is 3.90. The number of amides is 5. The molecule has 0 radical (unpaired) electrons. The molecule has 2 rings (SSSR count). The van der Waals surface area contributed by atoms with Gasteiger partial charge in [0.1, 0.15) is 18.1 Å². The number of piperazine rings is 1. The Kier molecular flexibility index (Phi) is 8.37. The maximum Gasteiger partial charge on any atom is 0.247 e. The molecule has 0 aliphatic carbocycles. The van der Waals surface area contributed by atoms with Crippen LogP contribution in [0.5, 0.6) is 0 Å². The third-order valence-electron chi connectivity index (χ3n) is 5.74. The number of carbonyl (C=O) groups excluding carboxylic acids is 5. The van der Waals surface area contributed by atoms with Gasteiger partial charge in [-0.25, -0.2) is 0 Å². The molecular weight excluding hydrogens is 404 g/mol. The Hall–Kier alpha value is -2.69. The average molecular weight is 439 g/mol. The number of nitrogens with zero attached hydrogens (tertiary/aromatic N) is 2. The van der Waals surface area contributed by atoms with E-state index in [-0.39, 0.29) is 30.3 Å². The van der Waals surface area contributed by atoms with Gasteiger partial charge in [0.25, 0.3) is 0 Å². The molecule has 4 atom stereocenters. The highest BCUT2D eigenvalue weighted by Gasteiger charge is 2.41. The van der Waals surface area contributed by atoms with Crippen molar-refractivity contribution in [1.82, 2.24) is 25.8 Å². The first kappa shape index (κ1) is 24.6. The van der Waals surface area contributed by atoms with E-state index in [2.05, 4.69) is 16.0 Å². The molecule has 0 spiro atoms. The van der Waals surface area contributed by atoms with E-state index in [4.69, 9.17) is 5.73 Å². The summed E-state index contributed by atoms with van der Waals surface area (Å²) in [5, 5.41) is 7.89. The second kappa shape index (κ2) is 10.6. The molecule has 0 unspecified atom stereocenters. The van der Waals surface area contributed by atoms with Gasteiger partial charge in [-0.1, -0.05) is 13.8 Å². The van der Waals surface area contributed by atoms with Gasteiger partial charge < -0.3 is 26.6 Å². The van der Waals surface area contributed by atoms with Crippen LogP contribution in [-0.4, -0.2) is 90.2 Å². The highest BCUT2D eigenvalue weighted by atomic mass is 16.2. The minimum absolute atomic E-state index is 0.112. The average Bonchev–Trinajstić information content (AvgIpc) is 3.18. The summed E-state index contributed by atoms with van der Waals surface area (Å²) in [6, 6.07) is -2.59. The van der Waals surface area contributed by atoms with E-state index in [0.29, 0.717) is 32.4 Å². The summed E-state index contributed by atoms with van der Waals surface area (Å²) >= 11 is 0. The number of likely N-dealkylation sites (tertiary alicyclic amines) is 1. The predicted molar refractivity (Wildman–Crippen MR) is 112 cm³/mol. The van der Waals surface area contributed by atoms with Crippen molar-refractivity contribution in [3.05, 3.63) is 0 Å². The molecule has 11 heteroatoms. The van der Waals surface area contributed by atoms with Gasteiger partial charge in [-0.2, -0.15) is 0 Å². The Labute approximate surface area is 182 Å². The molecule has 0 saturated carbocycles. The van der Waals surface area contributed by atoms with Gasteiger partial charge in [0, 0.05) is 13.1 Å². The van der Waals surface area contributed by atoms with Crippen molar-refractivity contribution in [2.24, 2.45) is 11.7 Å². The second-order valence-electron chi connectivity index (χ2n) is 8.74. The van der Waals surface area contributed by atoms with E-state index in [9.17, 15) is 24.0 Å². The molecular formula is C20H34N6O5. The van der Waals surface area contributed by atoms with Crippen LogP contribution in [0.3, 0.4) is 0 Å². The monoisotopic (exact) mass is 438 g/mol. The number of rotatable bonds is 8. The summed E-state index contributed by atoms with van der Waals surface area (Å²) in [6.45, 7) is 6.04. The lowest BCUT2D eigenvalue weighted by atomic mass is 10.0. The van der Waals surface area contributed by atoms with Crippen LogP contribution in [0.25, 0.3) is 0 Å². The molecule has 2 saturated heterocycles. The molecule has 174 valence electrons. The number of likely N-dealkylation sites (N-methyl/N-ethyl adjacent to an activating group) is 1. The summed E-state index contributed by atoms with van der Waals surface area (Å²) in [6.07, 6.45) is 1.50. The predicted octanol–water partition coefficient (Wildman–Crippen LogP) is -2.07. The minimum atomic E-state index is -0.842. The van der Waals surface area contributed by atoms with Gasteiger partial charge in [-0.15, -0.1) is 0 Å². The van der Waals surface area contributed by atoms with Crippen LogP contribution < -0.4 is 21.7 Å². The van der Waals surface area contributed by atoms with Crippen molar-refractivity contribution in [2.75, 3.05) is 26.7 Å². The second-order valence-corrected chi connectivity index (χ2v) is 8.74. The third kappa shape index (κ3) is 6.39. The lowest BCUT2D eigenvalue weighted by Crippen LogP contribution is -2.64. The quantitative estimate of drug-likeness (QED) is 0.341. The lowest BCUT2D eigenvalue weighted by molar-refractivity contribution is -0.145. The Morgan fingerprint density at radius 2 is 1.94 bits per heavy atom. The van der Waals surface area contributed by atoms with Crippen molar-refractivity contribution >= 4 is 29.5 Å². The Morgan fingerprint density at radius 3 is 2.52 bits per heavy atom. The molecule has 2 fully saturated rings. The van der Waals surface area contributed by atoms with Crippen molar-refractivity contribution < 1.29 is 24.0 Å². The maximum absolute atomic E-state index is 13.1. The molecule has 0 aromatic carbocycles. The summed E-state index contributed by atoms with van der Waals surface area (Å²) in [4.78, 5) is 64.8. The SMILES string of the molecule is CC(C)C[C@H](NC(=O)[C@@H]1CCCN1C(=O)[C@H]1CN(C)[C@@H](C)C(=O)N1)C(=O)NCC(N)=O. The summed E-state index contributed by atoms with van der Waals surface area (Å²) in [5.74, 6) is -2.01. The highest BCUT2D eigenvalue weighted by molar-refractivity contribution is 5.96. The van der Waals surface area contributed by atoms with Crippen LogP contribution in [-0.2, 0) is 24.0 Å². The van der Waals surface area contributed by atoms with Gasteiger partial charge >= 0.3 is 0 Å². The molecule has 5 amide bonds. The Morgan fingerprint density at radius 1 is 1.26 bits per heavy atom. The van der Waals surface area contributed by atoms with E-state index < -0.39 is 35.8 Å². The highest BCUT2D eigenvalue weighted by Crippen LogP contribution is 2.20. The van der Waals surface area contributed by atoms with E-state index >= 15 is 0 Å². The van der Waals surface area contributed by atoms with Crippen molar-refractivity contribution in [1.29, 1.82) is 0 Å². The number of carbonyl (C=O) groups is 5. The van der Waals surface area contributed by atoms with E-state index in [1.54, 1.807) is 18.9 Å². The summed E-state index contributed by atoms with van der Waals surface area (Å²) in [7, 11) is 1.78. The standard InChI is InChI=1S/C20H34N6O5/c1-11(2)8-13(18(29)22-9-16(21)27)23-19(30)15-6-5-7-26(15)20(31)14-10-25(4)12(3)17(28)24-14/h11-15H,5-10H2,1-4H3,(H2,21,27)(H,22,29)(H,23,30)(H,24,28)/t12-,13-,14+,15-/m0/s1. The molecule has 11 nitrogen and oxygen atoms in total. The first-order valence-corrected chi connectivity index (χ1v) is 10.7. The van der Waals surface area contributed by atoms with Crippen molar-refractivity contribution in [2.45, 2.75) is 64.2 Å². The van der Waals surface area contributed by atoms with Crippen LogP contribution in [0.15, 0.2) is 0 Å². The molecule has 2 heterocycles. The van der Waals surface area contributed by atoms with E-state index in [1.807, 2.05) is 13.8 Å². The van der Waals surface area contributed by atoms with E-state index in [0.717, 1.165) is 0 Å². The molecule has 2 aliphatic heterocycles. The van der Waals surface area contributed by atoms with Crippen LogP contribution in [0, 0.1) is 5.92 Å². The first-order chi connectivity index (χ1) is 14.5. The number of nitrogens with two attached hydrogens (primary N) is 1. The molecule has 5 N–H and O–H groups in total. The zero-order valence-corrected chi connectivity index (χ0v) is 18.6. The van der Waals surface area contributed by atoms with Gasteiger partial charge in [-0.05, 0) is 39.2 Å². The van der Waals surface area contributed by atoms with Crippen LogP contribution >= 0.6 is 0 Å². The molecule has 0 aromatic heterocycles. The van der Waals surface area contributed by atoms with Crippen LogP contribution in [0.4, 0.5) is 0 Å². The van der Waals surface area contributed by atoms with E-state index in [1.165, 1.54) is 4.90 Å². The lowest BCUT2D eigenvalue weighted by Gasteiger charge is -2.37. The van der Waals surface area contributed by atoms with Gasteiger partial charge in [0.05, 0.1) is 12.6 Å². The zero-order valence-electron chi connectivity index (χ0n) is 18.6. The van der Waals surface area contributed by atoms with Gasteiger partial charge in [-0.3, -0.25) is 28.9 Å². The fourth-order valence-corrected chi connectivity index (χ4v) is 3.90. The first-order valence-electron chi connectivity index (χ1n) is 10.7. The number of nitrogens with one attached hydrogen (secondary N) is 3. The van der Waals surface area contributed by atoms with Gasteiger partial charge in [0.15, 0.2) is 0 Å². The smallest absolute Gasteiger partial charge is 0.247 e. The Balaban J connectivity index is 2.06. The third-order valence-corrected chi connectivity index (χ3v) is 5.74. The van der Waals surface area contributed by atoms with Crippen LogP contribution in [0.2, 0.25) is 0 Å². The summed E-state index contributed by atoms with van der Waals surface area (Å²) < 4.78 is 0.